The molecule has 0 spiro atoms. The third-order valence-electron chi connectivity index (χ3n) is 1.60. The van der Waals surface area contributed by atoms with Crippen LogP contribution < -0.4 is 0 Å². The molecular formula is C10H9FN. The molecule has 0 saturated carbocycles. The lowest BCUT2D eigenvalue weighted by molar-refractivity contribution is 0.625. The monoisotopic (exact) mass is 162 g/mol. The Kier molecular flexibility index (Phi) is 2.44. The van der Waals surface area contributed by atoms with E-state index in [4.69, 9.17) is 5.26 Å². The van der Waals surface area contributed by atoms with Gasteiger partial charge in [-0.3, -0.25) is 0 Å². The summed E-state index contributed by atoms with van der Waals surface area (Å²) in [6.45, 7) is 3.77. The highest BCUT2D eigenvalue weighted by Gasteiger charge is 2.03. The summed E-state index contributed by atoms with van der Waals surface area (Å²) in [4.78, 5) is 0. The standard InChI is InChI=1S/C10H9FN/c1-7(2)9-3-8(6-12)4-10(11)5-9/h3-5H,1-2H3. The highest BCUT2D eigenvalue weighted by molar-refractivity contribution is 5.38. The van der Waals surface area contributed by atoms with E-state index in [9.17, 15) is 4.39 Å². The molecule has 0 aromatic heterocycles. The van der Waals surface area contributed by atoms with Crippen LogP contribution in [0.1, 0.15) is 25.0 Å². The molecule has 0 unspecified atom stereocenters. The first-order valence-corrected chi connectivity index (χ1v) is 3.64. The average Bonchev–Trinajstić information content (AvgIpc) is 2.03. The topological polar surface area (TPSA) is 23.8 Å². The summed E-state index contributed by atoms with van der Waals surface area (Å²) in [5.41, 5.74) is 1.15. The lowest BCUT2D eigenvalue weighted by atomic mass is 10.0. The molecule has 0 atom stereocenters. The summed E-state index contributed by atoms with van der Waals surface area (Å²) in [6, 6.07) is 6.24. The molecule has 0 fully saturated rings. The van der Waals surface area contributed by atoms with Crippen LogP contribution in [0.5, 0.6) is 0 Å². The van der Waals surface area contributed by atoms with E-state index >= 15 is 0 Å². The maximum atomic E-state index is 12.8. The minimum Gasteiger partial charge on any atom is -0.207 e. The van der Waals surface area contributed by atoms with E-state index in [2.05, 4.69) is 0 Å². The molecule has 61 valence electrons. The van der Waals surface area contributed by atoms with Crippen molar-refractivity contribution >= 4 is 0 Å². The zero-order valence-corrected chi connectivity index (χ0v) is 7.06. The van der Waals surface area contributed by atoms with Gasteiger partial charge in [-0.25, -0.2) is 4.39 Å². The van der Waals surface area contributed by atoms with Gasteiger partial charge in [0.2, 0.25) is 0 Å². The molecule has 0 amide bonds. The minimum atomic E-state index is -0.356. The summed E-state index contributed by atoms with van der Waals surface area (Å²) < 4.78 is 12.8. The first kappa shape index (κ1) is 8.73. The molecule has 1 rings (SSSR count). The van der Waals surface area contributed by atoms with Crippen LogP contribution in [0.25, 0.3) is 0 Å². The van der Waals surface area contributed by atoms with Crippen LogP contribution in [-0.2, 0) is 0 Å². The fraction of sp³-hybridized carbons (Fsp3) is 0.200. The van der Waals surface area contributed by atoms with Crippen LogP contribution in [0.4, 0.5) is 4.39 Å². The van der Waals surface area contributed by atoms with Crippen molar-refractivity contribution in [2.24, 2.45) is 0 Å². The third kappa shape index (κ3) is 1.82. The van der Waals surface area contributed by atoms with Crippen molar-refractivity contribution in [3.8, 4) is 6.07 Å². The Bertz CT molecular complexity index is 323. The Labute approximate surface area is 71.4 Å². The van der Waals surface area contributed by atoms with Gasteiger partial charge in [0.05, 0.1) is 11.6 Å². The second-order valence-electron chi connectivity index (χ2n) is 2.84. The fourth-order valence-electron chi connectivity index (χ4n) is 0.943. The Hall–Kier alpha value is -1.36. The molecule has 1 nitrogen and oxygen atoms in total. The summed E-state index contributed by atoms with van der Waals surface area (Å²) in [6.07, 6.45) is 0. The van der Waals surface area contributed by atoms with Gasteiger partial charge in [-0.15, -0.1) is 0 Å². The zero-order chi connectivity index (χ0) is 9.14. The Morgan fingerprint density at radius 3 is 2.50 bits per heavy atom. The number of benzene rings is 1. The van der Waals surface area contributed by atoms with Crippen LogP contribution >= 0.6 is 0 Å². The average molecular weight is 162 g/mol. The smallest absolute Gasteiger partial charge is 0.124 e. The van der Waals surface area contributed by atoms with Gasteiger partial charge in [-0.2, -0.15) is 5.26 Å². The number of halogens is 1. The number of hydrogen-bond donors (Lipinski definition) is 0. The lowest BCUT2D eigenvalue weighted by Crippen LogP contribution is -1.91. The maximum absolute atomic E-state index is 12.8. The molecule has 0 aliphatic heterocycles. The minimum absolute atomic E-state index is 0.356. The Balaban J connectivity index is 3.17. The summed E-state index contributed by atoms with van der Waals surface area (Å²) >= 11 is 0. The number of nitriles is 1. The second kappa shape index (κ2) is 3.36. The Morgan fingerprint density at radius 1 is 1.33 bits per heavy atom. The molecule has 1 aromatic carbocycles. The van der Waals surface area contributed by atoms with Gasteiger partial charge in [-0.05, 0) is 29.7 Å². The van der Waals surface area contributed by atoms with Gasteiger partial charge in [-0.1, -0.05) is 13.8 Å². The van der Waals surface area contributed by atoms with Crippen molar-refractivity contribution in [3.63, 3.8) is 0 Å². The fourth-order valence-corrected chi connectivity index (χ4v) is 0.943. The molecule has 1 radical (unpaired) electrons. The third-order valence-corrected chi connectivity index (χ3v) is 1.60. The summed E-state index contributed by atoms with van der Waals surface area (Å²) in [5, 5.41) is 8.54. The molecule has 0 bridgehead atoms. The first-order valence-electron chi connectivity index (χ1n) is 3.64. The van der Waals surface area contributed by atoms with E-state index < -0.39 is 0 Å². The molecule has 0 N–H and O–H groups in total. The van der Waals surface area contributed by atoms with Crippen molar-refractivity contribution in [2.45, 2.75) is 13.8 Å². The van der Waals surface area contributed by atoms with Crippen LogP contribution in [0.3, 0.4) is 0 Å². The molecule has 12 heavy (non-hydrogen) atoms. The maximum Gasteiger partial charge on any atom is 0.124 e. The molecule has 0 heterocycles. The predicted molar refractivity (Wildman–Crippen MR) is 44.8 cm³/mol. The number of hydrogen-bond acceptors (Lipinski definition) is 1. The first-order chi connectivity index (χ1) is 5.63. The molecule has 0 aliphatic rings. The molecule has 2 heteroatoms. The van der Waals surface area contributed by atoms with Gasteiger partial charge in [0, 0.05) is 0 Å². The van der Waals surface area contributed by atoms with Crippen LogP contribution in [0.2, 0.25) is 0 Å². The van der Waals surface area contributed by atoms with Crippen molar-refractivity contribution < 1.29 is 4.39 Å². The van der Waals surface area contributed by atoms with Gasteiger partial charge < -0.3 is 0 Å². The summed E-state index contributed by atoms with van der Waals surface area (Å²) in [7, 11) is 0. The van der Waals surface area contributed by atoms with Crippen LogP contribution in [0, 0.1) is 23.1 Å². The zero-order valence-electron chi connectivity index (χ0n) is 7.06. The second-order valence-corrected chi connectivity index (χ2v) is 2.84. The molecule has 0 saturated heterocycles. The highest BCUT2D eigenvalue weighted by atomic mass is 19.1. The van der Waals surface area contributed by atoms with Crippen LogP contribution in [-0.4, -0.2) is 0 Å². The Morgan fingerprint density at radius 2 is 2.00 bits per heavy atom. The molecular weight excluding hydrogens is 153 g/mol. The highest BCUT2D eigenvalue weighted by Crippen LogP contribution is 2.16. The lowest BCUT2D eigenvalue weighted by Gasteiger charge is -2.04. The van der Waals surface area contributed by atoms with E-state index in [1.807, 2.05) is 19.9 Å². The van der Waals surface area contributed by atoms with E-state index in [0.717, 1.165) is 11.5 Å². The van der Waals surface area contributed by atoms with E-state index in [1.165, 1.54) is 12.1 Å². The largest absolute Gasteiger partial charge is 0.207 e. The van der Waals surface area contributed by atoms with Crippen molar-refractivity contribution in [3.05, 3.63) is 41.1 Å². The van der Waals surface area contributed by atoms with Gasteiger partial charge in [0.15, 0.2) is 0 Å². The summed E-state index contributed by atoms with van der Waals surface area (Å²) in [5.74, 6) is 0.649. The van der Waals surface area contributed by atoms with Crippen LogP contribution in [0.15, 0.2) is 18.2 Å². The van der Waals surface area contributed by atoms with E-state index in [1.54, 1.807) is 6.07 Å². The van der Waals surface area contributed by atoms with Gasteiger partial charge in [0.1, 0.15) is 5.82 Å². The predicted octanol–water partition coefficient (Wildman–Crippen LogP) is 2.66. The normalized spacial score (nSPS) is 9.92. The number of nitrogens with zero attached hydrogens (tertiary/aromatic N) is 1. The van der Waals surface area contributed by atoms with Gasteiger partial charge in [0.25, 0.3) is 0 Å². The van der Waals surface area contributed by atoms with Crippen molar-refractivity contribution in [1.82, 2.24) is 0 Å². The van der Waals surface area contributed by atoms with Crippen molar-refractivity contribution in [2.75, 3.05) is 0 Å². The van der Waals surface area contributed by atoms with Crippen molar-refractivity contribution in [1.29, 1.82) is 5.26 Å². The molecule has 1 aromatic rings. The van der Waals surface area contributed by atoms with E-state index in [-0.39, 0.29) is 5.82 Å². The number of rotatable bonds is 1. The molecule has 0 aliphatic carbocycles. The quantitative estimate of drug-likeness (QED) is 0.622. The van der Waals surface area contributed by atoms with Gasteiger partial charge >= 0.3 is 0 Å². The SMILES string of the molecule is C[C](C)c1cc(F)cc(C#N)c1. The van der Waals surface area contributed by atoms with E-state index in [0.29, 0.717) is 5.56 Å².